The van der Waals surface area contributed by atoms with E-state index in [9.17, 15) is 0 Å². The molecule has 0 radical (unpaired) electrons. The Morgan fingerprint density at radius 2 is 0.944 bits per heavy atom. The van der Waals surface area contributed by atoms with Gasteiger partial charge in [-0.15, -0.1) is 0 Å². The summed E-state index contributed by atoms with van der Waals surface area (Å²) in [6, 6.07) is 51.4. The smallest absolute Gasteiger partial charge is 0.385 e. The van der Waals surface area contributed by atoms with Crippen LogP contribution in [0.1, 0.15) is 48.8 Å². The first-order valence-electron chi connectivity index (χ1n) is 19.3. The summed E-state index contributed by atoms with van der Waals surface area (Å²) in [7, 11) is -1.63. The molecule has 0 N–H and O–H groups in total. The minimum absolute atomic E-state index is 0.104. The molecule has 8 heteroatoms. The van der Waals surface area contributed by atoms with Crippen molar-refractivity contribution < 1.29 is 32.5 Å². The number of rotatable bonds is 17. The highest BCUT2D eigenvalue weighted by Crippen LogP contribution is 2.32. The molecule has 282 valence electrons. The fourth-order valence-corrected chi connectivity index (χ4v) is 10.9. The van der Waals surface area contributed by atoms with E-state index in [2.05, 4.69) is 84.9 Å². The summed E-state index contributed by atoms with van der Waals surface area (Å²) in [4.78, 5) is 0. The van der Waals surface area contributed by atoms with Crippen LogP contribution < -0.4 is 10.4 Å². The van der Waals surface area contributed by atoms with Crippen LogP contribution in [-0.4, -0.2) is 59.1 Å². The van der Waals surface area contributed by atoms with Crippen molar-refractivity contribution in [3.05, 3.63) is 168 Å². The summed E-state index contributed by atoms with van der Waals surface area (Å²) >= 11 is 0. The molecular weight excluding hydrogens is 693 g/mol. The van der Waals surface area contributed by atoms with Gasteiger partial charge in [-0.1, -0.05) is 171 Å². The van der Waals surface area contributed by atoms with Crippen LogP contribution >= 0.6 is 0 Å². The van der Waals surface area contributed by atoms with Gasteiger partial charge >= 0.3 is 8.56 Å². The number of hydrogen-bond donors (Lipinski definition) is 0. The molecule has 54 heavy (non-hydrogen) atoms. The third-order valence-electron chi connectivity index (χ3n) is 10.3. The van der Waals surface area contributed by atoms with Gasteiger partial charge in [-0.2, -0.15) is 0 Å². The van der Waals surface area contributed by atoms with Gasteiger partial charge in [0, 0.05) is 13.2 Å². The van der Waals surface area contributed by atoms with Gasteiger partial charge in [0.25, 0.3) is 0 Å². The van der Waals surface area contributed by atoms with E-state index in [4.69, 9.17) is 32.5 Å². The molecular formula is C46H52O7Si. The Labute approximate surface area is 321 Å². The van der Waals surface area contributed by atoms with E-state index in [0.29, 0.717) is 19.8 Å². The Bertz CT molecular complexity index is 1740. The quantitative estimate of drug-likeness (QED) is 0.0904. The van der Waals surface area contributed by atoms with Crippen molar-refractivity contribution in [3.8, 4) is 0 Å². The fourth-order valence-electron chi connectivity index (χ4n) is 7.51. The van der Waals surface area contributed by atoms with Crippen molar-refractivity contribution in [2.75, 3.05) is 13.7 Å². The van der Waals surface area contributed by atoms with Gasteiger partial charge in [-0.05, 0) is 39.9 Å². The lowest BCUT2D eigenvalue weighted by molar-refractivity contribution is -0.321. The van der Waals surface area contributed by atoms with Crippen molar-refractivity contribution in [1.29, 1.82) is 0 Å². The van der Waals surface area contributed by atoms with Crippen LogP contribution in [0.15, 0.2) is 152 Å². The molecule has 0 amide bonds. The van der Waals surface area contributed by atoms with Gasteiger partial charge in [-0.25, -0.2) is 0 Å². The van der Waals surface area contributed by atoms with Gasteiger partial charge in [0.05, 0.1) is 26.4 Å². The lowest BCUT2D eigenvalue weighted by Crippen LogP contribution is -2.67. The lowest BCUT2D eigenvalue weighted by atomic mass is 9.98. The normalized spacial score (nSPS) is 22.2. The van der Waals surface area contributed by atoms with Crippen molar-refractivity contribution in [2.24, 2.45) is 0 Å². The molecule has 1 aliphatic carbocycles. The summed E-state index contributed by atoms with van der Waals surface area (Å²) in [6.45, 7) is 1.28. The van der Waals surface area contributed by atoms with E-state index in [0.717, 1.165) is 52.7 Å². The second-order valence-electron chi connectivity index (χ2n) is 14.1. The highest BCUT2D eigenvalue weighted by Gasteiger charge is 2.51. The van der Waals surface area contributed by atoms with Crippen LogP contribution in [0.5, 0.6) is 0 Å². The van der Waals surface area contributed by atoms with Gasteiger partial charge in [0.2, 0.25) is 0 Å². The van der Waals surface area contributed by atoms with E-state index in [1.807, 2.05) is 66.7 Å². The Morgan fingerprint density at radius 1 is 0.519 bits per heavy atom. The first-order chi connectivity index (χ1) is 26.7. The van der Waals surface area contributed by atoms with Crippen molar-refractivity contribution >= 4 is 18.9 Å². The zero-order valence-electron chi connectivity index (χ0n) is 31.1. The molecule has 7 nitrogen and oxygen atoms in total. The van der Waals surface area contributed by atoms with E-state index in [1.165, 1.54) is 6.42 Å². The van der Waals surface area contributed by atoms with Gasteiger partial charge in [-0.3, -0.25) is 0 Å². The maximum absolute atomic E-state index is 7.35. The molecule has 0 spiro atoms. The molecule has 1 heterocycles. The molecule has 0 unspecified atom stereocenters. The molecule has 2 fully saturated rings. The number of ether oxygens (including phenoxy) is 5. The van der Waals surface area contributed by atoms with Crippen LogP contribution in [0.4, 0.5) is 0 Å². The molecule has 7 rings (SSSR count). The Morgan fingerprint density at radius 3 is 1.41 bits per heavy atom. The molecule has 5 atom stereocenters. The third-order valence-corrected chi connectivity index (χ3v) is 13.7. The molecule has 0 aromatic heterocycles. The van der Waals surface area contributed by atoms with E-state index in [-0.39, 0.29) is 12.7 Å². The van der Waals surface area contributed by atoms with E-state index < -0.39 is 39.3 Å². The first-order valence-corrected chi connectivity index (χ1v) is 21.1. The van der Waals surface area contributed by atoms with Crippen molar-refractivity contribution in [1.82, 2.24) is 0 Å². The zero-order chi connectivity index (χ0) is 36.8. The number of hydrogen-bond acceptors (Lipinski definition) is 7. The molecule has 5 aromatic rings. The molecule has 1 saturated heterocycles. The monoisotopic (exact) mass is 744 g/mol. The summed E-state index contributed by atoms with van der Waals surface area (Å²) in [5.41, 5.74) is 3.14. The van der Waals surface area contributed by atoms with E-state index >= 15 is 0 Å². The van der Waals surface area contributed by atoms with Crippen LogP contribution in [0.25, 0.3) is 0 Å². The molecule has 0 bridgehead atoms. The SMILES string of the molecule is CO[C@H]1O[C@H](CO[Si](OC2CCCCC2)(c2ccccc2)c2ccccc2)[C@@H](OCc2ccccc2)[C@H](OCc2ccccc2)[C@H]1OCc1ccccc1. The second-order valence-corrected chi connectivity index (χ2v) is 17.0. The second kappa shape index (κ2) is 19.6. The number of benzene rings is 5. The minimum atomic E-state index is -3.29. The first kappa shape index (κ1) is 38.3. The largest absolute Gasteiger partial charge is 0.407 e. The summed E-state index contributed by atoms with van der Waals surface area (Å²) in [6.07, 6.45) is 2.62. The van der Waals surface area contributed by atoms with Crippen LogP contribution in [-0.2, 0) is 52.4 Å². The maximum atomic E-state index is 7.35. The summed E-state index contributed by atoms with van der Waals surface area (Å²) in [5, 5.41) is 2.12. The van der Waals surface area contributed by atoms with Crippen LogP contribution in [0.2, 0.25) is 0 Å². The Balaban J connectivity index is 1.24. The Hall–Kier alpha value is -3.96. The van der Waals surface area contributed by atoms with Gasteiger partial charge in [0.15, 0.2) is 6.29 Å². The third kappa shape index (κ3) is 9.82. The molecule has 1 aliphatic heterocycles. The molecule has 2 aliphatic rings. The van der Waals surface area contributed by atoms with Crippen LogP contribution in [0, 0.1) is 0 Å². The van der Waals surface area contributed by atoms with Crippen molar-refractivity contribution in [2.45, 2.75) is 88.7 Å². The predicted molar refractivity (Wildman–Crippen MR) is 213 cm³/mol. The fraction of sp³-hybridized carbons (Fsp3) is 0.348. The molecule has 1 saturated carbocycles. The highest BCUT2D eigenvalue weighted by molar-refractivity contribution is 6.92. The standard InChI is InChI=1S/C46H52O7Si/c1-47-46-45(50-34-38-24-12-4-13-25-38)44(49-33-37-22-10-3-11-23-37)43(48-32-36-20-8-2-9-21-36)42(52-46)35-51-54(40-28-16-6-17-29-40,41-30-18-7-19-31-41)53-39-26-14-5-15-27-39/h2-4,6-13,16-25,28-31,39,42-46H,5,14-15,26-27,32-35H2,1H3/t42-,43-,44+,45-,46+/m1/s1. The van der Waals surface area contributed by atoms with E-state index in [1.54, 1.807) is 7.11 Å². The summed E-state index contributed by atoms with van der Waals surface area (Å²) in [5.74, 6) is 0. The minimum Gasteiger partial charge on any atom is -0.385 e. The summed E-state index contributed by atoms with van der Waals surface area (Å²) < 4.78 is 48.1. The lowest BCUT2D eigenvalue weighted by Gasteiger charge is -2.46. The number of methoxy groups -OCH3 is 1. The average molecular weight is 745 g/mol. The van der Waals surface area contributed by atoms with Gasteiger partial charge < -0.3 is 32.5 Å². The predicted octanol–water partition coefficient (Wildman–Crippen LogP) is 7.74. The highest BCUT2D eigenvalue weighted by atomic mass is 28.4. The van der Waals surface area contributed by atoms with Crippen molar-refractivity contribution in [3.63, 3.8) is 0 Å². The topological polar surface area (TPSA) is 64.6 Å². The zero-order valence-corrected chi connectivity index (χ0v) is 32.1. The Kier molecular flexibility index (Phi) is 13.9. The maximum Gasteiger partial charge on any atom is 0.407 e. The van der Waals surface area contributed by atoms with Gasteiger partial charge in [0.1, 0.15) is 24.4 Å². The van der Waals surface area contributed by atoms with Crippen LogP contribution in [0.3, 0.4) is 0 Å². The average Bonchev–Trinajstić information content (AvgIpc) is 3.25. The molecule has 5 aromatic carbocycles.